The molecule has 1 N–H and O–H groups in total. The van der Waals surface area contributed by atoms with Gasteiger partial charge in [-0.2, -0.15) is 5.26 Å². The van der Waals surface area contributed by atoms with Crippen LogP contribution >= 0.6 is 0 Å². The summed E-state index contributed by atoms with van der Waals surface area (Å²) in [7, 11) is 0. The molecule has 0 spiro atoms. The van der Waals surface area contributed by atoms with Crippen molar-refractivity contribution in [1.29, 1.82) is 5.26 Å². The van der Waals surface area contributed by atoms with E-state index in [4.69, 9.17) is 0 Å². The molecule has 2 nitrogen and oxygen atoms in total. The van der Waals surface area contributed by atoms with Crippen molar-refractivity contribution in [2.45, 2.75) is 62.4 Å². The first-order chi connectivity index (χ1) is 10.2. The Bertz CT molecular complexity index is 600. The Kier molecular flexibility index (Phi) is 2.91. The summed E-state index contributed by atoms with van der Waals surface area (Å²) in [4.78, 5) is 0. The van der Waals surface area contributed by atoms with Crippen LogP contribution in [0.3, 0.4) is 0 Å². The van der Waals surface area contributed by atoms with Gasteiger partial charge in [0.1, 0.15) is 5.41 Å². The number of hydrogen-bond donors (Lipinski definition) is 1. The number of hydrogen-bond acceptors (Lipinski definition) is 2. The van der Waals surface area contributed by atoms with Crippen molar-refractivity contribution < 1.29 is 5.11 Å². The molecule has 0 radical (unpaired) electrons. The fourth-order valence-corrected chi connectivity index (χ4v) is 4.97. The third-order valence-electron chi connectivity index (χ3n) is 6.29. The molecule has 0 bridgehead atoms. The number of nitriles is 1. The van der Waals surface area contributed by atoms with E-state index in [1.807, 2.05) is 12.1 Å². The van der Waals surface area contributed by atoms with Crippen molar-refractivity contribution >= 4 is 0 Å². The van der Waals surface area contributed by atoms with E-state index in [-0.39, 0.29) is 0 Å². The summed E-state index contributed by atoms with van der Waals surface area (Å²) in [6, 6.07) is 10.8. The third-order valence-corrected chi connectivity index (χ3v) is 6.29. The molecule has 3 aliphatic rings. The van der Waals surface area contributed by atoms with Gasteiger partial charge in [-0.1, -0.05) is 30.7 Å². The van der Waals surface area contributed by atoms with Gasteiger partial charge in [0.15, 0.2) is 0 Å². The van der Waals surface area contributed by atoms with E-state index in [2.05, 4.69) is 18.2 Å². The van der Waals surface area contributed by atoms with Gasteiger partial charge < -0.3 is 5.11 Å². The lowest BCUT2D eigenvalue weighted by Gasteiger charge is -2.46. The highest BCUT2D eigenvalue weighted by Gasteiger charge is 2.57. The average Bonchev–Trinajstić information content (AvgIpc) is 3.28. The average molecular weight is 281 g/mol. The molecule has 2 saturated carbocycles. The predicted molar refractivity (Wildman–Crippen MR) is 81.7 cm³/mol. The van der Waals surface area contributed by atoms with Crippen molar-refractivity contribution in [3.05, 3.63) is 35.4 Å². The molecule has 2 fully saturated rings. The number of rotatable bonds is 2. The molecule has 3 aliphatic carbocycles. The summed E-state index contributed by atoms with van der Waals surface area (Å²) in [5, 5.41) is 21.5. The summed E-state index contributed by atoms with van der Waals surface area (Å²) < 4.78 is 0. The minimum Gasteiger partial charge on any atom is -0.388 e. The Morgan fingerprint density at radius 3 is 2.67 bits per heavy atom. The molecule has 0 saturated heterocycles. The second-order valence-corrected chi connectivity index (χ2v) is 7.40. The first kappa shape index (κ1) is 13.3. The molecule has 0 aliphatic heterocycles. The van der Waals surface area contributed by atoms with Crippen LogP contribution < -0.4 is 0 Å². The zero-order chi connectivity index (χ0) is 14.5. The van der Waals surface area contributed by atoms with E-state index in [0.717, 1.165) is 43.6 Å². The van der Waals surface area contributed by atoms with Crippen LogP contribution in [-0.4, -0.2) is 10.7 Å². The van der Waals surface area contributed by atoms with E-state index in [0.29, 0.717) is 5.92 Å². The van der Waals surface area contributed by atoms with Crippen LogP contribution in [0.2, 0.25) is 0 Å². The Labute approximate surface area is 126 Å². The molecule has 0 amide bonds. The van der Waals surface area contributed by atoms with Gasteiger partial charge in [0.2, 0.25) is 0 Å². The lowest BCUT2D eigenvalue weighted by Crippen LogP contribution is -2.52. The summed E-state index contributed by atoms with van der Waals surface area (Å²) in [5.41, 5.74) is 0.879. The van der Waals surface area contributed by atoms with Crippen molar-refractivity contribution in [1.82, 2.24) is 0 Å². The molecule has 1 aromatic rings. The van der Waals surface area contributed by atoms with Gasteiger partial charge in [-0.3, -0.25) is 0 Å². The van der Waals surface area contributed by atoms with E-state index < -0.39 is 11.0 Å². The fraction of sp³-hybridized carbons (Fsp3) is 0.632. The Morgan fingerprint density at radius 1 is 1.10 bits per heavy atom. The predicted octanol–water partition coefficient (Wildman–Crippen LogP) is 3.73. The van der Waals surface area contributed by atoms with Crippen LogP contribution in [0.5, 0.6) is 0 Å². The van der Waals surface area contributed by atoms with Gasteiger partial charge in [-0.15, -0.1) is 0 Å². The standard InChI is InChI=1S/C19H23NO/c20-13-18(11-9-15-4-1-2-6-17(15)18)19(21)10-3-5-16(12-19)14-7-8-14/h1-2,4,6,14,16,21H,3,5,7-12H2. The van der Waals surface area contributed by atoms with Crippen LogP contribution in [0.1, 0.15) is 56.1 Å². The number of nitrogens with zero attached hydrogens (tertiary/aromatic N) is 1. The Balaban J connectivity index is 1.74. The highest BCUT2D eigenvalue weighted by molar-refractivity contribution is 5.47. The molecule has 21 heavy (non-hydrogen) atoms. The summed E-state index contributed by atoms with van der Waals surface area (Å²) in [6.45, 7) is 0. The van der Waals surface area contributed by atoms with Gasteiger partial charge >= 0.3 is 0 Å². The van der Waals surface area contributed by atoms with Crippen LogP contribution in [0.25, 0.3) is 0 Å². The number of benzene rings is 1. The highest BCUT2D eigenvalue weighted by atomic mass is 16.3. The molecular formula is C19H23NO. The molecule has 1 aromatic carbocycles. The normalized spacial score (nSPS) is 38.8. The molecule has 2 heteroatoms. The van der Waals surface area contributed by atoms with Crippen LogP contribution in [0.15, 0.2) is 24.3 Å². The van der Waals surface area contributed by atoms with E-state index in [1.54, 1.807) is 0 Å². The SMILES string of the molecule is N#CC1(C2(O)CCCC(C3CC3)C2)CCc2ccccc21. The molecule has 4 rings (SSSR count). The minimum atomic E-state index is -0.820. The van der Waals surface area contributed by atoms with Gasteiger partial charge in [-0.25, -0.2) is 0 Å². The van der Waals surface area contributed by atoms with Crippen molar-refractivity contribution in [3.8, 4) is 6.07 Å². The zero-order valence-electron chi connectivity index (χ0n) is 12.5. The second-order valence-electron chi connectivity index (χ2n) is 7.40. The maximum Gasteiger partial charge on any atom is 0.111 e. The smallest absolute Gasteiger partial charge is 0.111 e. The van der Waals surface area contributed by atoms with Gasteiger partial charge in [0, 0.05) is 0 Å². The van der Waals surface area contributed by atoms with Gasteiger partial charge in [0.25, 0.3) is 0 Å². The van der Waals surface area contributed by atoms with Crippen molar-refractivity contribution in [2.75, 3.05) is 0 Å². The van der Waals surface area contributed by atoms with E-state index >= 15 is 0 Å². The number of aryl methyl sites for hydroxylation is 1. The first-order valence-electron chi connectivity index (χ1n) is 8.41. The summed E-state index contributed by atoms with van der Waals surface area (Å²) >= 11 is 0. The van der Waals surface area contributed by atoms with E-state index in [1.165, 1.54) is 24.8 Å². The molecule has 3 atom stereocenters. The quantitative estimate of drug-likeness (QED) is 0.897. The highest BCUT2D eigenvalue weighted by Crippen LogP contribution is 2.55. The molecule has 110 valence electrons. The summed E-state index contributed by atoms with van der Waals surface area (Å²) in [5.74, 6) is 1.46. The Morgan fingerprint density at radius 2 is 1.90 bits per heavy atom. The van der Waals surface area contributed by atoms with Crippen molar-refractivity contribution in [3.63, 3.8) is 0 Å². The second kappa shape index (κ2) is 4.58. The maximum atomic E-state index is 11.5. The largest absolute Gasteiger partial charge is 0.388 e. The molecule has 0 aromatic heterocycles. The minimum absolute atomic E-state index is 0.640. The topological polar surface area (TPSA) is 44.0 Å². The van der Waals surface area contributed by atoms with Crippen LogP contribution in [0, 0.1) is 23.2 Å². The lowest BCUT2D eigenvalue weighted by atomic mass is 9.60. The zero-order valence-corrected chi connectivity index (χ0v) is 12.5. The van der Waals surface area contributed by atoms with Gasteiger partial charge in [0.05, 0.1) is 11.7 Å². The maximum absolute atomic E-state index is 11.5. The molecule has 3 unspecified atom stereocenters. The Hall–Kier alpha value is -1.33. The first-order valence-corrected chi connectivity index (χ1v) is 8.41. The molecule has 0 heterocycles. The lowest BCUT2D eigenvalue weighted by molar-refractivity contribution is -0.0668. The van der Waals surface area contributed by atoms with E-state index in [9.17, 15) is 10.4 Å². The fourth-order valence-electron chi connectivity index (χ4n) is 4.97. The monoisotopic (exact) mass is 281 g/mol. The summed E-state index contributed by atoms with van der Waals surface area (Å²) in [6.07, 6.45) is 8.32. The number of fused-ring (bicyclic) bond motifs is 1. The third kappa shape index (κ3) is 1.87. The molecular weight excluding hydrogens is 258 g/mol. The van der Waals surface area contributed by atoms with Crippen LogP contribution in [-0.2, 0) is 11.8 Å². The van der Waals surface area contributed by atoms with Crippen LogP contribution in [0.4, 0.5) is 0 Å². The van der Waals surface area contributed by atoms with Crippen molar-refractivity contribution in [2.24, 2.45) is 11.8 Å². The number of aliphatic hydroxyl groups is 1. The van der Waals surface area contributed by atoms with Gasteiger partial charge in [-0.05, 0) is 67.9 Å².